The number of halogens is 1. The van der Waals surface area contributed by atoms with Crippen molar-refractivity contribution in [1.29, 1.82) is 5.26 Å². The number of anilines is 1. The Morgan fingerprint density at radius 2 is 2.03 bits per heavy atom. The van der Waals surface area contributed by atoms with Gasteiger partial charge in [-0.2, -0.15) is 10.4 Å². The average molecular weight is 448 g/mol. The van der Waals surface area contributed by atoms with Gasteiger partial charge < -0.3 is 10.4 Å². The van der Waals surface area contributed by atoms with Gasteiger partial charge in [0.15, 0.2) is 11.4 Å². The Kier molecular flexibility index (Phi) is 5.47. The first-order valence-corrected chi connectivity index (χ1v) is 10.0. The Bertz CT molecular complexity index is 1410. The van der Waals surface area contributed by atoms with Crippen molar-refractivity contribution in [3.05, 3.63) is 64.2 Å². The number of nitrogens with zero attached hydrogens (tertiary/aromatic N) is 6. The molecule has 0 unspecified atom stereocenters. The summed E-state index contributed by atoms with van der Waals surface area (Å²) in [6, 6.07) is 10.4. The van der Waals surface area contributed by atoms with E-state index in [1.807, 2.05) is 26.0 Å². The summed E-state index contributed by atoms with van der Waals surface area (Å²) in [5, 5.41) is 26.8. The molecule has 0 radical (unpaired) electrons. The molecule has 0 saturated carbocycles. The lowest BCUT2D eigenvalue weighted by Gasteiger charge is -2.19. The highest BCUT2D eigenvalue weighted by Crippen LogP contribution is 2.30. The van der Waals surface area contributed by atoms with E-state index in [1.165, 1.54) is 6.07 Å². The van der Waals surface area contributed by atoms with Crippen LogP contribution in [-0.4, -0.2) is 35.8 Å². The van der Waals surface area contributed by atoms with E-state index < -0.39 is 5.97 Å². The molecule has 160 valence electrons. The molecule has 2 N–H and O–H groups in total. The predicted octanol–water partition coefficient (Wildman–Crippen LogP) is 4.13. The van der Waals surface area contributed by atoms with Gasteiger partial charge in [-0.25, -0.2) is 19.7 Å². The molecule has 0 spiro atoms. The van der Waals surface area contributed by atoms with Gasteiger partial charge in [-0.05, 0) is 43.7 Å². The van der Waals surface area contributed by atoms with Crippen LogP contribution in [0.25, 0.3) is 22.4 Å². The molecule has 1 aromatic carbocycles. The van der Waals surface area contributed by atoms with E-state index in [-0.39, 0.29) is 22.6 Å². The molecular formula is C22H18ClN7O2. The molecule has 0 aliphatic heterocycles. The molecule has 4 aromatic rings. The second kappa shape index (κ2) is 8.24. The van der Waals surface area contributed by atoms with Gasteiger partial charge in [-0.3, -0.25) is 4.68 Å². The molecule has 0 amide bonds. The zero-order valence-corrected chi connectivity index (χ0v) is 18.2. The van der Waals surface area contributed by atoms with E-state index in [1.54, 1.807) is 30.1 Å². The van der Waals surface area contributed by atoms with Gasteiger partial charge in [0.05, 0.1) is 22.8 Å². The number of carboxylic acid groups (broad SMARTS) is 1. The molecule has 0 aliphatic rings. The van der Waals surface area contributed by atoms with E-state index in [0.717, 1.165) is 11.1 Å². The fourth-order valence-electron chi connectivity index (χ4n) is 3.49. The SMILES string of the molecule is Cc1cc([C@@H](C)Nc2ccc(Cl)nc2C(=O)O)c2nc(-c3ccn(C)n3)c(C#N)nc2c1. The van der Waals surface area contributed by atoms with Crippen LogP contribution in [0.2, 0.25) is 5.15 Å². The molecule has 0 saturated heterocycles. The number of pyridine rings is 1. The van der Waals surface area contributed by atoms with Gasteiger partial charge in [0.1, 0.15) is 22.6 Å². The maximum atomic E-state index is 11.6. The van der Waals surface area contributed by atoms with Crippen molar-refractivity contribution in [2.24, 2.45) is 7.05 Å². The first-order valence-electron chi connectivity index (χ1n) is 9.65. The zero-order valence-electron chi connectivity index (χ0n) is 17.5. The van der Waals surface area contributed by atoms with Crippen LogP contribution in [0.3, 0.4) is 0 Å². The van der Waals surface area contributed by atoms with Crippen LogP contribution in [0, 0.1) is 18.3 Å². The molecular weight excluding hydrogens is 430 g/mol. The summed E-state index contributed by atoms with van der Waals surface area (Å²) < 4.78 is 1.63. The second-order valence-electron chi connectivity index (χ2n) is 7.33. The Hall–Kier alpha value is -4.03. The third kappa shape index (κ3) is 3.96. The lowest BCUT2D eigenvalue weighted by molar-refractivity contribution is 0.0691. The molecule has 3 heterocycles. The topological polar surface area (TPSA) is 130 Å². The van der Waals surface area contributed by atoms with E-state index in [4.69, 9.17) is 16.6 Å². The summed E-state index contributed by atoms with van der Waals surface area (Å²) in [7, 11) is 1.78. The molecule has 3 aromatic heterocycles. The zero-order chi connectivity index (χ0) is 23.0. The second-order valence-corrected chi connectivity index (χ2v) is 7.72. The van der Waals surface area contributed by atoms with Crippen molar-refractivity contribution < 1.29 is 9.90 Å². The minimum Gasteiger partial charge on any atom is -0.476 e. The van der Waals surface area contributed by atoms with Gasteiger partial charge >= 0.3 is 5.97 Å². The van der Waals surface area contributed by atoms with E-state index in [0.29, 0.717) is 28.1 Å². The van der Waals surface area contributed by atoms with Gasteiger partial charge in [0.25, 0.3) is 0 Å². The minimum absolute atomic E-state index is 0.0940. The monoisotopic (exact) mass is 447 g/mol. The van der Waals surface area contributed by atoms with Crippen LogP contribution in [0.15, 0.2) is 36.5 Å². The van der Waals surface area contributed by atoms with E-state index >= 15 is 0 Å². The maximum absolute atomic E-state index is 11.6. The standard InChI is InChI=1S/C22H18ClN7O2/c1-11-8-13(12(2)25-14-4-5-18(23)27-21(14)22(31)32)19-16(9-11)26-17(10-24)20(28-19)15-6-7-30(3)29-15/h4-9,12,25H,1-3H3,(H,31,32)/t12-/m1/s1. The van der Waals surface area contributed by atoms with Gasteiger partial charge in [-0.15, -0.1) is 0 Å². The number of aryl methyl sites for hydroxylation is 2. The fraction of sp³-hybridized carbons (Fsp3) is 0.182. The van der Waals surface area contributed by atoms with Crippen molar-refractivity contribution in [3.8, 4) is 17.5 Å². The summed E-state index contributed by atoms with van der Waals surface area (Å²) in [6.45, 7) is 3.80. The molecule has 9 nitrogen and oxygen atoms in total. The van der Waals surface area contributed by atoms with Gasteiger partial charge in [-0.1, -0.05) is 17.7 Å². The number of fused-ring (bicyclic) bond motifs is 1. The smallest absolute Gasteiger partial charge is 0.356 e. The van der Waals surface area contributed by atoms with E-state index in [2.05, 4.69) is 26.5 Å². The first kappa shape index (κ1) is 21.2. The number of nitrogens with one attached hydrogen (secondary N) is 1. The minimum atomic E-state index is -1.19. The number of hydrogen-bond donors (Lipinski definition) is 2. The number of nitriles is 1. The molecule has 32 heavy (non-hydrogen) atoms. The molecule has 1 atom stereocenters. The molecule has 10 heteroatoms. The number of rotatable bonds is 5. The van der Waals surface area contributed by atoms with Crippen LogP contribution < -0.4 is 5.32 Å². The van der Waals surface area contributed by atoms with Gasteiger partial charge in [0.2, 0.25) is 0 Å². The molecule has 0 aliphatic carbocycles. The Morgan fingerprint density at radius 3 is 2.69 bits per heavy atom. The van der Waals surface area contributed by atoms with Crippen LogP contribution in [0.1, 0.15) is 40.3 Å². The lowest BCUT2D eigenvalue weighted by Crippen LogP contribution is -2.13. The normalized spacial score (nSPS) is 11.8. The Labute approximate surface area is 188 Å². The van der Waals surface area contributed by atoms with Crippen LogP contribution >= 0.6 is 11.6 Å². The van der Waals surface area contributed by atoms with Crippen molar-refractivity contribution in [2.75, 3.05) is 5.32 Å². The highest BCUT2D eigenvalue weighted by molar-refractivity contribution is 6.29. The molecule has 0 fully saturated rings. The Balaban J connectivity index is 1.85. The summed E-state index contributed by atoms with van der Waals surface area (Å²) in [4.78, 5) is 24.8. The number of carbonyl (C=O) groups is 1. The maximum Gasteiger partial charge on any atom is 0.356 e. The lowest BCUT2D eigenvalue weighted by atomic mass is 10.0. The first-order chi connectivity index (χ1) is 15.3. The molecule has 4 rings (SSSR count). The summed E-state index contributed by atoms with van der Waals surface area (Å²) in [5.41, 5.74) is 4.15. The summed E-state index contributed by atoms with van der Waals surface area (Å²) >= 11 is 5.86. The van der Waals surface area contributed by atoms with Crippen molar-refractivity contribution in [1.82, 2.24) is 24.7 Å². The van der Waals surface area contributed by atoms with Crippen molar-refractivity contribution in [3.63, 3.8) is 0 Å². The third-order valence-corrected chi connectivity index (χ3v) is 5.12. The average Bonchev–Trinajstić information content (AvgIpc) is 3.19. The molecule has 0 bridgehead atoms. The van der Waals surface area contributed by atoms with Crippen molar-refractivity contribution >= 4 is 34.3 Å². The van der Waals surface area contributed by atoms with Crippen LogP contribution in [0.4, 0.5) is 5.69 Å². The highest BCUT2D eigenvalue weighted by atomic mass is 35.5. The number of aromatic carboxylic acids is 1. The summed E-state index contributed by atoms with van der Waals surface area (Å²) in [6.07, 6.45) is 1.77. The van der Waals surface area contributed by atoms with Crippen molar-refractivity contribution in [2.45, 2.75) is 19.9 Å². The number of aromatic nitrogens is 5. The quantitative estimate of drug-likeness (QED) is 0.437. The third-order valence-electron chi connectivity index (χ3n) is 4.91. The Morgan fingerprint density at radius 1 is 1.25 bits per heavy atom. The number of hydrogen-bond acceptors (Lipinski definition) is 7. The predicted molar refractivity (Wildman–Crippen MR) is 119 cm³/mol. The highest BCUT2D eigenvalue weighted by Gasteiger charge is 2.20. The van der Waals surface area contributed by atoms with Crippen LogP contribution in [-0.2, 0) is 7.05 Å². The van der Waals surface area contributed by atoms with Crippen LogP contribution in [0.5, 0.6) is 0 Å². The fourth-order valence-corrected chi connectivity index (χ4v) is 3.63. The number of carboxylic acids is 1. The summed E-state index contributed by atoms with van der Waals surface area (Å²) in [5.74, 6) is -1.19. The van der Waals surface area contributed by atoms with Gasteiger partial charge in [0, 0.05) is 18.8 Å². The number of benzene rings is 1. The van der Waals surface area contributed by atoms with E-state index in [9.17, 15) is 15.2 Å². The largest absolute Gasteiger partial charge is 0.476 e.